The first-order valence-corrected chi connectivity index (χ1v) is 23.6. The van der Waals surface area contributed by atoms with Crippen LogP contribution in [0.1, 0.15) is 61.6 Å². The number of nitrogens with zero attached hydrogens (tertiary/aromatic N) is 2. The van der Waals surface area contributed by atoms with Gasteiger partial charge < -0.3 is 9.97 Å². The Kier molecular flexibility index (Phi) is 11.9. The monoisotopic (exact) mass is 905 g/mol. The molecule has 2 aliphatic rings. The number of pyridine rings is 2. The van der Waals surface area contributed by atoms with E-state index in [1.165, 1.54) is 100 Å². The molecule has 0 N–H and O–H groups in total. The van der Waals surface area contributed by atoms with Gasteiger partial charge in [-0.3, -0.25) is 0 Å². The number of hydrogen-bond donors (Lipinski definition) is 0. The molecule has 9 rings (SSSR count). The number of hydrogen-bond acceptors (Lipinski definition) is 3. The molecule has 0 unspecified atom stereocenters. The summed E-state index contributed by atoms with van der Waals surface area (Å²) in [7, 11) is -1.36. The maximum atomic E-state index is 4.77. The van der Waals surface area contributed by atoms with Crippen LogP contribution < -0.4 is 5.19 Å². The molecule has 0 atom stereocenters. The molecule has 0 spiro atoms. The van der Waals surface area contributed by atoms with Crippen molar-refractivity contribution < 1.29 is 20.1 Å². The molecule has 4 aromatic carbocycles. The number of aromatic nitrogens is 2. The minimum absolute atomic E-state index is 0. The quantitative estimate of drug-likeness (QED) is 0.123. The van der Waals surface area contributed by atoms with Gasteiger partial charge in [0, 0.05) is 37.2 Å². The van der Waals surface area contributed by atoms with Crippen LogP contribution in [0.3, 0.4) is 0 Å². The van der Waals surface area contributed by atoms with E-state index in [1.54, 1.807) is 10.8 Å². The number of aryl methyl sites for hydroxylation is 1. The Hall–Kier alpha value is -3.73. The molecule has 1 saturated carbocycles. The van der Waals surface area contributed by atoms with Crippen LogP contribution in [-0.4, -0.2) is 18.0 Å². The molecule has 0 bridgehead atoms. The summed E-state index contributed by atoms with van der Waals surface area (Å²) >= 11 is 1.86. The maximum Gasteiger partial charge on any atom is 0.0798 e. The molecule has 0 aliphatic heterocycles. The zero-order valence-corrected chi connectivity index (χ0v) is 35.4. The zero-order valence-electron chi connectivity index (χ0n) is 31.2. The molecule has 3 heterocycles. The van der Waals surface area contributed by atoms with Crippen molar-refractivity contribution in [1.29, 1.82) is 0 Å². The molecule has 2 aliphatic carbocycles. The topological polar surface area (TPSA) is 25.8 Å². The fourth-order valence-corrected chi connectivity index (χ4v) is 11.0. The van der Waals surface area contributed by atoms with Gasteiger partial charge in [-0.2, -0.15) is 11.3 Å². The molecule has 5 heteroatoms. The summed E-state index contributed by atoms with van der Waals surface area (Å²) < 4.78 is 2.64. The first-order chi connectivity index (χ1) is 25.4. The molecule has 3 aromatic heterocycles. The Balaban J connectivity index is 0.000000166. The van der Waals surface area contributed by atoms with Crippen molar-refractivity contribution >= 4 is 44.8 Å². The van der Waals surface area contributed by atoms with Crippen LogP contribution in [0, 0.1) is 18.1 Å². The summed E-state index contributed by atoms with van der Waals surface area (Å²) in [6, 6.07) is 41.5. The molecule has 1 radical (unpaired) electrons. The van der Waals surface area contributed by atoms with E-state index < -0.39 is 8.07 Å². The van der Waals surface area contributed by atoms with Gasteiger partial charge in [-0.05, 0) is 87.9 Å². The van der Waals surface area contributed by atoms with E-state index in [9.17, 15) is 0 Å². The normalized spacial score (nSPS) is 14.6. The SMILES string of the molecule is C[Si](C)(C)c1cnc(-c2[c-]cccc2)cc1CC1CCCCC1.[Ir].[c-]1cc2c(cc1-c1nccc3c1CCCC3)sc1ccc(-c3ccccc3)cc12. The average Bonchev–Trinajstić information content (AvgIpc) is 3.56. The maximum absolute atomic E-state index is 4.77. The molecular formula is C48H48IrN2SSi-2. The third-order valence-corrected chi connectivity index (χ3v) is 14.3. The predicted octanol–water partition coefficient (Wildman–Crippen LogP) is 12.7. The predicted molar refractivity (Wildman–Crippen MR) is 225 cm³/mol. The molecule has 53 heavy (non-hydrogen) atoms. The minimum Gasteiger partial charge on any atom is -0.305 e. The van der Waals surface area contributed by atoms with Gasteiger partial charge in [-0.1, -0.05) is 122 Å². The van der Waals surface area contributed by atoms with Gasteiger partial charge in [0.05, 0.1) is 8.07 Å². The number of benzene rings is 4. The van der Waals surface area contributed by atoms with Gasteiger partial charge in [-0.25, -0.2) is 0 Å². The van der Waals surface area contributed by atoms with Crippen molar-refractivity contribution in [2.75, 3.05) is 0 Å². The first-order valence-electron chi connectivity index (χ1n) is 19.3. The van der Waals surface area contributed by atoms with Crippen LogP contribution in [-0.2, 0) is 39.4 Å². The average molecular weight is 905 g/mol. The van der Waals surface area contributed by atoms with Crippen molar-refractivity contribution in [3.05, 3.63) is 138 Å². The van der Waals surface area contributed by atoms with E-state index in [0.29, 0.717) is 0 Å². The van der Waals surface area contributed by atoms with Crippen molar-refractivity contribution in [3.63, 3.8) is 0 Å². The third kappa shape index (κ3) is 8.50. The summed E-state index contributed by atoms with van der Waals surface area (Å²) in [4.78, 5) is 9.52. The van der Waals surface area contributed by atoms with E-state index in [0.717, 1.165) is 34.9 Å². The van der Waals surface area contributed by atoms with Gasteiger partial charge in [0.2, 0.25) is 0 Å². The Morgan fingerprint density at radius 1 is 0.717 bits per heavy atom. The van der Waals surface area contributed by atoms with E-state index in [2.05, 4.69) is 123 Å². The smallest absolute Gasteiger partial charge is 0.0798 e. The molecule has 0 amide bonds. The van der Waals surface area contributed by atoms with E-state index in [-0.39, 0.29) is 20.1 Å². The summed E-state index contributed by atoms with van der Waals surface area (Å²) in [5.74, 6) is 0.869. The van der Waals surface area contributed by atoms with Crippen LogP contribution in [0.4, 0.5) is 0 Å². The van der Waals surface area contributed by atoms with Gasteiger partial charge in [-0.15, -0.1) is 59.7 Å². The number of thiophene rings is 1. The Morgan fingerprint density at radius 2 is 1.53 bits per heavy atom. The van der Waals surface area contributed by atoms with Crippen molar-refractivity contribution in [2.24, 2.45) is 5.92 Å². The zero-order chi connectivity index (χ0) is 35.5. The van der Waals surface area contributed by atoms with Crippen LogP contribution in [0.15, 0.2) is 109 Å². The molecule has 7 aromatic rings. The van der Waals surface area contributed by atoms with Crippen LogP contribution >= 0.6 is 11.3 Å². The molecular weight excluding hydrogens is 857 g/mol. The van der Waals surface area contributed by atoms with E-state index in [1.807, 2.05) is 29.7 Å². The second-order valence-electron chi connectivity index (χ2n) is 15.8. The van der Waals surface area contributed by atoms with E-state index in [4.69, 9.17) is 9.97 Å². The van der Waals surface area contributed by atoms with Gasteiger partial charge in [0.25, 0.3) is 0 Å². The first kappa shape index (κ1) is 37.6. The number of fused-ring (bicyclic) bond motifs is 4. The Bertz CT molecular complexity index is 2300. The van der Waals surface area contributed by atoms with Crippen LogP contribution in [0.2, 0.25) is 19.6 Å². The Morgan fingerprint density at radius 3 is 2.32 bits per heavy atom. The molecule has 0 saturated heterocycles. The van der Waals surface area contributed by atoms with Gasteiger partial charge in [0.1, 0.15) is 0 Å². The molecule has 271 valence electrons. The minimum atomic E-state index is -1.36. The molecule has 1 fully saturated rings. The van der Waals surface area contributed by atoms with Gasteiger partial charge in [0.15, 0.2) is 0 Å². The largest absolute Gasteiger partial charge is 0.305 e. The summed E-state index contributed by atoms with van der Waals surface area (Å²) in [6.07, 6.45) is 17.3. The summed E-state index contributed by atoms with van der Waals surface area (Å²) in [6.45, 7) is 7.30. The molecule has 2 nitrogen and oxygen atoms in total. The van der Waals surface area contributed by atoms with Crippen molar-refractivity contribution in [2.45, 2.75) is 83.8 Å². The van der Waals surface area contributed by atoms with Crippen molar-refractivity contribution in [3.8, 4) is 33.6 Å². The Labute approximate surface area is 334 Å². The van der Waals surface area contributed by atoms with Crippen molar-refractivity contribution in [1.82, 2.24) is 9.97 Å². The van der Waals surface area contributed by atoms with Crippen LogP contribution in [0.25, 0.3) is 53.8 Å². The van der Waals surface area contributed by atoms with Gasteiger partial charge >= 0.3 is 0 Å². The standard InChI is InChI=1S/C27H20NS.C21H28NSi.Ir/c1-2-6-18(7-3-1)20-11-13-25-24(16-20)23-12-10-21(17-26(23)29-25)27-22-9-5-4-8-19(22)14-15-28-27;1-23(2,3)21-16-22-20(18-12-8-5-9-13-18)15-19(21)14-17-10-6-4-7-11-17;/h1-3,6-7,11-17H,4-5,8-9H2;5,8-9,12,15-17H,4,6-7,10-11,14H2,1-3H3;/q2*-1;. The number of rotatable bonds is 6. The fraction of sp³-hybridized carbons (Fsp3) is 0.292. The van der Waals surface area contributed by atoms with Crippen LogP contribution in [0.5, 0.6) is 0 Å². The second kappa shape index (κ2) is 16.7. The summed E-state index contributed by atoms with van der Waals surface area (Å²) in [5, 5.41) is 4.15. The summed E-state index contributed by atoms with van der Waals surface area (Å²) in [5.41, 5.74) is 11.4. The second-order valence-corrected chi connectivity index (χ2v) is 21.9. The van der Waals surface area contributed by atoms with E-state index >= 15 is 0 Å². The third-order valence-electron chi connectivity index (χ3n) is 11.1. The fourth-order valence-electron chi connectivity index (χ4n) is 8.30.